The molecule has 1 fully saturated rings. The maximum absolute atomic E-state index is 11.6. The van der Waals surface area contributed by atoms with Crippen LogP contribution in [0.1, 0.15) is 34.6 Å². The molecular weight excluding hydrogens is 471 g/mol. The minimum absolute atomic E-state index is 0. The van der Waals surface area contributed by atoms with E-state index >= 15 is 0 Å². The quantitative estimate of drug-likeness (QED) is 0.208. The minimum Gasteiger partial charge on any atom is -0.444 e. The second-order valence-corrected chi connectivity index (χ2v) is 8.46. The van der Waals surface area contributed by atoms with Gasteiger partial charge in [-0.05, 0) is 33.7 Å². The molecule has 3 N–H and O–H groups in total. The van der Waals surface area contributed by atoms with Gasteiger partial charge < -0.3 is 25.6 Å². The molecule has 166 valence electrons. The molecule has 0 aliphatic carbocycles. The molecule has 0 radical (unpaired) electrons. The van der Waals surface area contributed by atoms with E-state index in [0.29, 0.717) is 25.0 Å². The molecule has 1 atom stereocenters. The average Bonchev–Trinajstić information content (AvgIpc) is 2.56. The number of rotatable bonds is 7. The summed E-state index contributed by atoms with van der Waals surface area (Å²) in [7, 11) is 3.94. The first-order valence-corrected chi connectivity index (χ1v) is 9.96. The Kier molecular flexibility index (Phi) is 13.0. The minimum atomic E-state index is -0.482. The second-order valence-electron chi connectivity index (χ2n) is 8.46. The van der Waals surface area contributed by atoms with Crippen LogP contribution in [0.4, 0.5) is 4.79 Å². The topological polar surface area (TPSA) is 81.2 Å². The maximum atomic E-state index is 11.6. The van der Waals surface area contributed by atoms with E-state index in [1.54, 1.807) is 7.05 Å². The van der Waals surface area contributed by atoms with E-state index in [1.807, 2.05) is 20.8 Å². The van der Waals surface area contributed by atoms with Crippen LogP contribution in [0.5, 0.6) is 0 Å². The summed E-state index contributed by atoms with van der Waals surface area (Å²) in [5.41, 5.74) is -0.482. The van der Waals surface area contributed by atoms with E-state index in [0.717, 1.165) is 38.7 Å². The molecule has 28 heavy (non-hydrogen) atoms. The highest BCUT2D eigenvalue weighted by molar-refractivity contribution is 14.0. The molecule has 1 unspecified atom stereocenters. The molecule has 0 aromatic rings. The van der Waals surface area contributed by atoms with Gasteiger partial charge in [0.2, 0.25) is 0 Å². The van der Waals surface area contributed by atoms with Gasteiger partial charge in [-0.2, -0.15) is 0 Å². The standard InChI is InChI=1S/C19H40N6O2.HI/c1-15(2)16(25-12-10-24(7)11-13-25)14-23-17(20-6)21-8-9-22-18(26)27-19(3,4)5;/h15-16H,8-14H2,1-7H3,(H,22,26)(H2,20,21,23);1H. The van der Waals surface area contributed by atoms with Crippen LogP contribution in [-0.4, -0.2) is 93.4 Å². The van der Waals surface area contributed by atoms with Gasteiger partial charge in [0.25, 0.3) is 0 Å². The van der Waals surface area contributed by atoms with Crippen LogP contribution in [0.2, 0.25) is 0 Å². The lowest BCUT2D eigenvalue weighted by Gasteiger charge is -2.40. The van der Waals surface area contributed by atoms with Crippen molar-refractivity contribution in [3.05, 3.63) is 0 Å². The third-order valence-corrected chi connectivity index (χ3v) is 4.56. The lowest BCUT2D eigenvalue weighted by Crippen LogP contribution is -2.55. The van der Waals surface area contributed by atoms with Crippen molar-refractivity contribution in [2.75, 3.05) is 59.9 Å². The molecule has 8 nitrogen and oxygen atoms in total. The summed E-state index contributed by atoms with van der Waals surface area (Å²) >= 11 is 0. The number of likely N-dealkylation sites (N-methyl/N-ethyl adjacent to an activating group) is 1. The van der Waals surface area contributed by atoms with Crippen molar-refractivity contribution in [2.24, 2.45) is 10.9 Å². The molecule has 9 heteroatoms. The zero-order valence-electron chi connectivity index (χ0n) is 18.7. The number of alkyl carbamates (subject to hydrolysis) is 1. The monoisotopic (exact) mass is 512 g/mol. The van der Waals surface area contributed by atoms with Gasteiger partial charge in [0.1, 0.15) is 5.60 Å². The number of amides is 1. The van der Waals surface area contributed by atoms with Gasteiger partial charge in [0.05, 0.1) is 0 Å². The molecule has 0 bridgehead atoms. The predicted molar refractivity (Wildman–Crippen MR) is 127 cm³/mol. The highest BCUT2D eigenvalue weighted by atomic mass is 127. The van der Waals surface area contributed by atoms with Crippen molar-refractivity contribution in [3.8, 4) is 0 Å². The van der Waals surface area contributed by atoms with Gasteiger partial charge in [-0.15, -0.1) is 24.0 Å². The van der Waals surface area contributed by atoms with E-state index in [2.05, 4.69) is 51.6 Å². The number of hydrogen-bond acceptors (Lipinski definition) is 5. The first kappa shape index (κ1) is 27.2. The van der Waals surface area contributed by atoms with Crippen molar-refractivity contribution in [2.45, 2.75) is 46.3 Å². The van der Waals surface area contributed by atoms with E-state index in [4.69, 9.17) is 4.74 Å². The average molecular weight is 512 g/mol. The predicted octanol–water partition coefficient (Wildman–Crippen LogP) is 1.57. The van der Waals surface area contributed by atoms with Crippen molar-refractivity contribution in [1.82, 2.24) is 25.8 Å². The molecular formula is C19H41IN6O2. The number of aliphatic imine (C=N–C) groups is 1. The van der Waals surface area contributed by atoms with Crippen molar-refractivity contribution in [1.29, 1.82) is 0 Å². The van der Waals surface area contributed by atoms with E-state index in [-0.39, 0.29) is 24.0 Å². The zero-order chi connectivity index (χ0) is 20.4. The number of hydrogen-bond donors (Lipinski definition) is 3. The smallest absolute Gasteiger partial charge is 0.407 e. The third-order valence-electron chi connectivity index (χ3n) is 4.56. The van der Waals surface area contributed by atoms with Crippen LogP contribution in [0.25, 0.3) is 0 Å². The third kappa shape index (κ3) is 11.3. The Morgan fingerprint density at radius 2 is 1.64 bits per heavy atom. The van der Waals surface area contributed by atoms with Gasteiger partial charge in [-0.3, -0.25) is 9.89 Å². The molecule has 1 amide bonds. The fourth-order valence-corrected chi connectivity index (χ4v) is 3.02. The Morgan fingerprint density at radius 1 is 1.07 bits per heavy atom. The van der Waals surface area contributed by atoms with Gasteiger partial charge in [0.15, 0.2) is 5.96 Å². The number of guanidine groups is 1. The number of carbonyl (C=O) groups is 1. The Bertz CT molecular complexity index is 474. The Morgan fingerprint density at radius 3 is 2.14 bits per heavy atom. The molecule has 1 rings (SSSR count). The molecule has 1 aliphatic rings. The first-order valence-electron chi connectivity index (χ1n) is 9.96. The normalized spacial score (nSPS) is 17.6. The highest BCUT2D eigenvalue weighted by Crippen LogP contribution is 2.12. The summed E-state index contributed by atoms with van der Waals surface area (Å²) in [6, 6.07) is 0.470. The van der Waals surface area contributed by atoms with Crippen LogP contribution in [0.3, 0.4) is 0 Å². The summed E-state index contributed by atoms with van der Waals surface area (Å²) < 4.78 is 5.22. The number of carbonyl (C=O) groups excluding carboxylic acids is 1. The SMILES string of the molecule is CN=C(NCCNC(=O)OC(C)(C)C)NCC(C(C)C)N1CCN(C)CC1.I. The van der Waals surface area contributed by atoms with E-state index in [1.165, 1.54) is 0 Å². The van der Waals surface area contributed by atoms with Crippen LogP contribution >= 0.6 is 24.0 Å². The molecule has 0 saturated carbocycles. The fraction of sp³-hybridized carbons (Fsp3) is 0.895. The Labute approximate surface area is 188 Å². The summed E-state index contributed by atoms with van der Waals surface area (Å²) in [6.07, 6.45) is -0.401. The summed E-state index contributed by atoms with van der Waals surface area (Å²) in [5, 5.41) is 9.40. The van der Waals surface area contributed by atoms with Gasteiger partial charge in [-0.1, -0.05) is 13.8 Å². The van der Waals surface area contributed by atoms with Crippen molar-refractivity contribution < 1.29 is 9.53 Å². The molecule has 1 heterocycles. The fourth-order valence-electron chi connectivity index (χ4n) is 3.02. The number of ether oxygens (including phenoxy) is 1. The Hall–Kier alpha value is -0.810. The van der Waals surface area contributed by atoms with Crippen LogP contribution in [-0.2, 0) is 4.74 Å². The zero-order valence-corrected chi connectivity index (χ0v) is 21.0. The number of piperazine rings is 1. The summed E-state index contributed by atoms with van der Waals surface area (Å²) in [6.45, 7) is 16.4. The number of halogens is 1. The molecule has 0 aromatic carbocycles. The van der Waals surface area contributed by atoms with Gasteiger partial charge in [0, 0.05) is 58.9 Å². The van der Waals surface area contributed by atoms with Gasteiger partial charge in [-0.25, -0.2) is 4.79 Å². The maximum Gasteiger partial charge on any atom is 0.407 e. The van der Waals surface area contributed by atoms with Gasteiger partial charge >= 0.3 is 6.09 Å². The molecule has 0 aromatic heterocycles. The second kappa shape index (κ2) is 13.4. The molecule has 0 spiro atoms. The van der Waals surface area contributed by atoms with Crippen LogP contribution in [0, 0.1) is 5.92 Å². The summed E-state index contributed by atoms with van der Waals surface area (Å²) in [5.74, 6) is 1.31. The summed E-state index contributed by atoms with van der Waals surface area (Å²) in [4.78, 5) is 20.9. The first-order chi connectivity index (χ1) is 12.6. The van der Waals surface area contributed by atoms with Crippen molar-refractivity contribution >= 4 is 36.0 Å². The lowest BCUT2D eigenvalue weighted by atomic mass is 10.0. The number of nitrogens with zero attached hydrogens (tertiary/aromatic N) is 3. The lowest BCUT2D eigenvalue weighted by molar-refractivity contribution is 0.0529. The highest BCUT2D eigenvalue weighted by Gasteiger charge is 2.25. The van der Waals surface area contributed by atoms with Crippen LogP contribution < -0.4 is 16.0 Å². The Balaban J connectivity index is 0.00000729. The van der Waals surface area contributed by atoms with E-state index in [9.17, 15) is 4.79 Å². The largest absolute Gasteiger partial charge is 0.444 e. The number of nitrogens with one attached hydrogen (secondary N) is 3. The molecule has 1 saturated heterocycles. The van der Waals surface area contributed by atoms with Crippen molar-refractivity contribution in [3.63, 3.8) is 0 Å². The molecule has 1 aliphatic heterocycles. The van der Waals surface area contributed by atoms with Crippen LogP contribution in [0.15, 0.2) is 4.99 Å². The van der Waals surface area contributed by atoms with E-state index < -0.39 is 11.7 Å².